The van der Waals surface area contributed by atoms with E-state index in [0.717, 1.165) is 50.2 Å². The van der Waals surface area contributed by atoms with Crippen molar-refractivity contribution in [1.29, 1.82) is 0 Å². The molecule has 6 nitrogen and oxygen atoms in total. The monoisotopic (exact) mass is 378 g/mol. The number of thioether (sulfide) groups is 1. The van der Waals surface area contributed by atoms with Gasteiger partial charge in [0.05, 0.1) is 11.7 Å². The van der Waals surface area contributed by atoms with Gasteiger partial charge in [0.25, 0.3) is 5.91 Å². The molecule has 2 aliphatic heterocycles. The maximum atomic E-state index is 12.7. The van der Waals surface area contributed by atoms with E-state index in [9.17, 15) is 4.79 Å². The molecule has 1 amide bonds. The molecule has 0 radical (unpaired) electrons. The highest BCUT2D eigenvalue weighted by molar-refractivity contribution is 7.99. The minimum absolute atomic E-state index is 0.0289. The van der Waals surface area contributed by atoms with E-state index in [0.29, 0.717) is 12.1 Å². The fourth-order valence-corrected chi connectivity index (χ4v) is 5.08. The fraction of sp³-hybridized carbons (Fsp3) is 0.588. The lowest BCUT2D eigenvalue weighted by atomic mass is 9.87. The van der Waals surface area contributed by atoms with Crippen molar-refractivity contribution in [3.8, 4) is 0 Å². The van der Waals surface area contributed by atoms with E-state index in [1.807, 2.05) is 30.0 Å². The predicted octanol–water partition coefficient (Wildman–Crippen LogP) is 2.02. The van der Waals surface area contributed by atoms with Crippen LogP contribution < -0.4 is 5.32 Å². The molecule has 134 valence electrons. The Morgan fingerprint density at radius 1 is 1.20 bits per heavy atom. The van der Waals surface area contributed by atoms with Gasteiger partial charge >= 0.3 is 0 Å². The number of nitrogens with one attached hydrogen (secondary N) is 1. The number of nitrogens with zero attached hydrogens (tertiary/aromatic N) is 3. The molecule has 1 N–H and O–H groups in total. The maximum absolute atomic E-state index is 12.7. The number of aromatic nitrogens is 2. The van der Waals surface area contributed by atoms with Crippen molar-refractivity contribution in [1.82, 2.24) is 19.0 Å². The molecule has 1 aromatic carbocycles. The third-order valence-corrected chi connectivity index (χ3v) is 6.70. The summed E-state index contributed by atoms with van der Waals surface area (Å²) in [6.45, 7) is 4.41. The molecule has 2 saturated heterocycles. The van der Waals surface area contributed by atoms with Crippen LogP contribution in [0.15, 0.2) is 18.2 Å². The quantitative estimate of drug-likeness (QED) is 0.878. The summed E-state index contributed by atoms with van der Waals surface area (Å²) in [5, 5.41) is 3.18. The molecule has 0 atom stereocenters. The molecule has 1 aromatic heterocycles. The largest absolute Gasteiger partial charge is 0.381 e. The van der Waals surface area contributed by atoms with Crippen molar-refractivity contribution in [2.45, 2.75) is 18.4 Å². The van der Waals surface area contributed by atoms with E-state index in [4.69, 9.17) is 4.74 Å². The molecule has 0 aliphatic carbocycles. The lowest BCUT2D eigenvalue weighted by Gasteiger charge is -2.48. The van der Waals surface area contributed by atoms with Gasteiger partial charge in [0, 0.05) is 55.5 Å². The topological polar surface area (TPSA) is 67.4 Å². The second kappa shape index (κ2) is 7.57. The van der Waals surface area contributed by atoms with Crippen molar-refractivity contribution in [2.75, 3.05) is 44.4 Å². The van der Waals surface area contributed by atoms with Crippen LogP contribution in [0, 0.1) is 0 Å². The standard InChI is InChI=1S/C17H22N4O2S2/c22-16(13-1-2-14-15(11-13)20-25-19-14)18-12-17(3-7-23-8-4-17)21-5-9-24-10-6-21/h1-2,11H,3-10,12H2,(H,18,22). The van der Waals surface area contributed by atoms with E-state index >= 15 is 0 Å². The molecular weight excluding hydrogens is 356 g/mol. The Morgan fingerprint density at radius 3 is 2.76 bits per heavy atom. The van der Waals surface area contributed by atoms with Crippen LogP contribution in [0.5, 0.6) is 0 Å². The summed E-state index contributed by atoms with van der Waals surface area (Å²) in [4.78, 5) is 15.2. The molecule has 0 saturated carbocycles. The molecule has 0 unspecified atom stereocenters. The van der Waals surface area contributed by atoms with Crippen LogP contribution in [0.2, 0.25) is 0 Å². The summed E-state index contributed by atoms with van der Waals surface area (Å²) in [5.74, 6) is 2.31. The molecule has 8 heteroatoms. The van der Waals surface area contributed by atoms with Gasteiger partial charge in [0.1, 0.15) is 11.0 Å². The number of ether oxygens (including phenoxy) is 1. The summed E-state index contributed by atoms with van der Waals surface area (Å²) in [6, 6.07) is 5.51. The number of hydrogen-bond donors (Lipinski definition) is 1. The van der Waals surface area contributed by atoms with Crippen molar-refractivity contribution >= 4 is 40.4 Å². The molecule has 4 rings (SSSR count). The van der Waals surface area contributed by atoms with E-state index in [2.05, 4.69) is 19.0 Å². The number of amides is 1. The summed E-state index contributed by atoms with van der Waals surface area (Å²) in [7, 11) is 0. The number of benzene rings is 1. The highest BCUT2D eigenvalue weighted by Crippen LogP contribution is 2.30. The van der Waals surface area contributed by atoms with Gasteiger partial charge in [-0.25, -0.2) is 0 Å². The lowest BCUT2D eigenvalue weighted by Crippen LogP contribution is -2.60. The smallest absolute Gasteiger partial charge is 0.251 e. The SMILES string of the molecule is O=C(NCC1(N2CCSCC2)CCOCC1)c1ccc2nsnc2c1. The number of rotatable bonds is 4. The Hall–Kier alpha value is -1.22. The Kier molecular flexibility index (Phi) is 5.21. The predicted molar refractivity (Wildman–Crippen MR) is 101 cm³/mol. The van der Waals surface area contributed by atoms with Crippen LogP contribution >= 0.6 is 23.5 Å². The summed E-state index contributed by atoms with van der Waals surface area (Å²) < 4.78 is 14.0. The number of carbonyl (C=O) groups is 1. The van der Waals surface area contributed by atoms with Gasteiger partial charge in [0.15, 0.2) is 0 Å². The molecule has 0 spiro atoms. The summed E-state index contributed by atoms with van der Waals surface area (Å²) in [6.07, 6.45) is 1.96. The molecular formula is C17H22N4O2S2. The Morgan fingerprint density at radius 2 is 1.96 bits per heavy atom. The fourth-order valence-electron chi connectivity index (χ4n) is 3.66. The highest BCUT2D eigenvalue weighted by atomic mass is 32.2. The van der Waals surface area contributed by atoms with Gasteiger partial charge in [-0.15, -0.1) is 0 Å². The number of fused-ring (bicyclic) bond motifs is 1. The van der Waals surface area contributed by atoms with Gasteiger partial charge in [0.2, 0.25) is 0 Å². The number of hydrogen-bond acceptors (Lipinski definition) is 7. The minimum Gasteiger partial charge on any atom is -0.381 e. The Bertz CT molecular complexity index is 739. The first-order valence-electron chi connectivity index (χ1n) is 8.68. The van der Waals surface area contributed by atoms with Crippen LogP contribution in [0.25, 0.3) is 11.0 Å². The minimum atomic E-state index is -0.0350. The van der Waals surface area contributed by atoms with Crippen LogP contribution in [0.1, 0.15) is 23.2 Å². The molecule has 2 aliphatic rings. The molecule has 2 aromatic rings. The van der Waals surface area contributed by atoms with Gasteiger partial charge in [-0.05, 0) is 31.0 Å². The third-order valence-electron chi connectivity index (χ3n) is 5.20. The zero-order valence-electron chi connectivity index (χ0n) is 14.1. The Balaban J connectivity index is 1.47. The van der Waals surface area contributed by atoms with Gasteiger partial charge in [-0.1, -0.05) is 0 Å². The first-order chi connectivity index (χ1) is 12.3. The van der Waals surface area contributed by atoms with Crippen LogP contribution in [-0.2, 0) is 4.74 Å². The molecule has 3 heterocycles. The van der Waals surface area contributed by atoms with Crippen molar-refractivity contribution < 1.29 is 9.53 Å². The van der Waals surface area contributed by atoms with Crippen molar-refractivity contribution in [3.63, 3.8) is 0 Å². The molecule has 25 heavy (non-hydrogen) atoms. The number of carbonyl (C=O) groups excluding carboxylic acids is 1. The molecule has 0 bridgehead atoms. The van der Waals surface area contributed by atoms with Crippen molar-refractivity contribution in [2.24, 2.45) is 0 Å². The first-order valence-corrected chi connectivity index (χ1v) is 10.6. The van der Waals surface area contributed by atoms with E-state index in [1.54, 1.807) is 0 Å². The van der Waals surface area contributed by atoms with Gasteiger partial charge < -0.3 is 10.1 Å². The van der Waals surface area contributed by atoms with Gasteiger partial charge in [-0.2, -0.15) is 20.5 Å². The van der Waals surface area contributed by atoms with E-state index in [1.165, 1.54) is 23.2 Å². The van der Waals surface area contributed by atoms with Gasteiger partial charge in [-0.3, -0.25) is 9.69 Å². The van der Waals surface area contributed by atoms with Crippen LogP contribution in [-0.4, -0.2) is 69.4 Å². The normalized spacial score (nSPS) is 21.3. The second-order valence-corrected chi connectivity index (χ2v) is 8.34. The van der Waals surface area contributed by atoms with Crippen LogP contribution in [0.3, 0.4) is 0 Å². The average molecular weight is 379 g/mol. The van der Waals surface area contributed by atoms with Crippen molar-refractivity contribution in [3.05, 3.63) is 23.8 Å². The highest BCUT2D eigenvalue weighted by Gasteiger charge is 2.39. The molecule has 2 fully saturated rings. The van der Waals surface area contributed by atoms with E-state index < -0.39 is 0 Å². The zero-order chi connectivity index (χ0) is 17.1. The second-order valence-electron chi connectivity index (χ2n) is 6.59. The van der Waals surface area contributed by atoms with E-state index in [-0.39, 0.29) is 11.4 Å². The van der Waals surface area contributed by atoms with Crippen LogP contribution in [0.4, 0.5) is 0 Å². The maximum Gasteiger partial charge on any atom is 0.251 e. The summed E-state index contributed by atoms with van der Waals surface area (Å²) >= 11 is 3.19. The average Bonchev–Trinajstić information content (AvgIpc) is 3.15. The zero-order valence-corrected chi connectivity index (χ0v) is 15.7. The lowest BCUT2D eigenvalue weighted by molar-refractivity contribution is -0.0237. The summed E-state index contributed by atoms with van der Waals surface area (Å²) in [5.41, 5.74) is 2.30. The first kappa shape index (κ1) is 17.2. The Labute approximate surface area is 155 Å². The third kappa shape index (κ3) is 3.67.